The summed E-state index contributed by atoms with van der Waals surface area (Å²) in [6.45, 7) is 0.680. The van der Waals surface area contributed by atoms with Gasteiger partial charge in [0, 0.05) is 18.6 Å². The Labute approximate surface area is 104 Å². The molecule has 0 atom stereocenters. The fourth-order valence-electron chi connectivity index (χ4n) is 1.90. The number of aromatic nitrogens is 4. The van der Waals surface area contributed by atoms with Crippen LogP contribution < -0.4 is 5.32 Å². The summed E-state index contributed by atoms with van der Waals surface area (Å²) in [5.74, 6) is 0. The Balaban J connectivity index is 1.89. The molecule has 0 aliphatic heterocycles. The van der Waals surface area contributed by atoms with Crippen molar-refractivity contribution in [2.24, 2.45) is 7.05 Å². The number of para-hydroxylation sites is 1. The molecule has 5 nitrogen and oxygen atoms in total. The van der Waals surface area contributed by atoms with E-state index in [1.54, 1.807) is 17.1 Å². The molecule has 5 heteroatoms. The van der Waals surface area contributed by atoms with Crippen molar-refractivity contribution in [3.63, 3.8) is 0 Å². The van der Waals surface area contributed by atoms with E-state index in [2.05, 4.69) is 32.7 Å². The lowest BCUT2D eigenvalue weighted by atomic mass is 10.2. The fourth-order valence-corrected chi connectivity index (χ4v) is 1.90. The van der Waals surface area contributed by atoms with Crippen molar-refractivity contribution in [1.82, 2.24) is 20.0 Å². The zero-order chi connectivity index (χ0) is 12.4. The van der Waals surface area contributed by atoms with Gasteiger partial charge in [0.15, 0.2) is 0 Å². The molecule has 0 radical (unpaired) electrons. The van der Waals surface area contributed by atoms with Gasteiger partial charge in [0.2, 0.25) is 0 Å². The number of fused-ring (bicyclic) bond motifs is 1. The highest BCUT2D eigenvalue weighted by Gasteiger charge is 2.03. The predicted octanol–water partition coefficient (Wildman–Crippen LogP) is 1.98. The van der Waals surface area contributed by atoms with Crippen LogP contribution in [-0.4, -0.2) is 20.0 Å². The third kappa shape index (κ3) is 1.90. The molecule has 2 aromatic heterocycles. The molecule has 1 aromatic carbocycles. The minimum atomic E-state index is 0.680. The van der Waals surface area contributed by atoms with Crippen molar-refractivity contribution in [1.29, 1.82) is 0 Å². The van der Waals surface area contributed by atoms with E-state index in [-0.39, 0.29) is 0 Å². The molecule has 3 rings (SSSR count). The van der Waals surface area contributed by atoms with Gasteiger partial charge in [-0.25, -0.2) is 0 Å². The van der Waals surface area contributed by atoms with Crippen molar-refractivity contribution in [2.75, 3.05) is 5.32 Å². The summed E-state index contributed by atoms with van der Waals surface area (Å²) in [6, 6.07) is 10.1. The number of hydrogen-bond donors (Lipinski definition) is 1. The van der Waals surface area contributed by atoms with E-state index < -0.39 is 0 Å². The summed E-state index contributed by atoms with van der Waals surface area (Å²) in [4.78, 5) is 4.40. The lowest BCUT2D eigenvalue weighted by Gasteiger charge is -2.08. The topological polar surface area (TPSA) is 55.6 Å². The normalized spacial score (nSPS) is 10.7. The monoisotopic (exact) mass is 239 g/mol. The van der Waals surface area contributed by atoms with Crippen LogP contribution in [0.3, 0.4) is 0 Å². The van der Waals surface area contributed by atoms with E-state index in [0.29, 0.717) is 6.54 Å². The van der Waals surface area contributed by atoms with Crippen molar-refractivity contribution >= 4 is 16.6 Å². The lowest BCUT2D eigenvalue weighted by molar-refractivity contribution is 0.683. The van der Waals surface area contributed by atoms with E-state index in [1.165, 1.54) is 0 Å². The summed E-state index contributed by atoms with van der Waals surface area (Å²) in [7, 11) is 1.88. The molecule has 0 saturated carbocycles. The minimum Gasteiger partial charge on any atom is -0.378 e. The van der Waals surface area contributed by atoms with Crippen LogP contribution in [0.25, 0.3) is 10.9 Å². The number of nitrogens with one attached hydrogen (secondary N) is 1. The van der Waals surface area contributed by atoms with Gasteiger partial charge >= 0.3 is 0 Å². The Hall–Kier alpha value is -2.43. The van der Waals surface area contributed by atoms with Gasteiger partial charge in [0.05, 0.1) is 29.6 Å². The maximum Gasteiger partial charge on any atom is 0.0933 e. The van der Waals surface area contributed by atoms with Crippen molar-refractivity contribution in [3.8, 4) is 0 Å². The molecule has 0 unspecified atom stereocenters. The first-order valence-corrected chi connectivity index (χ1v) is 5.76. The number of hydrogen-bond acceptors (Lipinski definition) is 4. The second kappa shape index (κ2) is 4.44. The average molecular weight is 239 g/mol. The number of aryl methyl sites for hydroxylation is 1. The molecule has 0 aliphatic carbocycles. The SMILES string of the molecule is Cn1nncc1CNc1cccc2cccnc12. The second-order valence-electron chi connectivity index (χ2n) is 4.08. The van der Waals surface area contributed by atoms with Gasteiger partial charge in [0.25, 0.3) is 0 Å². The van der Waals surface area contributed by atoms with Crippen molar-refractivity contribution in [2.45, 2.75) is 6.54 Å². The highest BCUT2D eigenvalue weighted by molar-refractivity contribution is 5.90. The number of anilines is 1. The van der Waals surface area contributed by atoms with Crippen LogP contribution in [0.15, 0.2) is 42.7 Å². The molecule has 0 fully saturated rings. The maximum absolute atomic E-state index is 4.40. The zero-order valence-corrected chi connectivity index (χ0v) is 10.0. The molecule has 0 saturated heterocycles. The van der Waals surface area contributed by atoms with Gasteiger partial charge in [-0.15, -0.1) is 5.10 Å². The molecular weight excluding hydrogens is 226 g/mol. The van der Waals surface area contributed by atoms with Gasteiger partial charge in [-0.3, -0.25) is 9.67 Å². The molecule has 0 aliphatic rings. The molecule has 90 valence electrons. The van der Waals surface area contributed by atoms with Crippen molar-refractivity contribution < 1.29 is 0 Å². The molecule has 18 heavy (non-hydrogen) atoms. The van der Waals surface area contributed by atoms with Gasteiger partial charge in [0.1, 0.15) is 0 Å². The molecule has 1 N–H and O–H groups in total. The van der Waals surface area contributed by atoms with E-state index in [4.69, 9.17) is 0 Å². The minimum absolute atomic E-state index is 0.680. The van der Waals surface area contributed by atoms with E-state index >= 15 is 0 Å². The maximum atomic E-state index is 4.40. The van der Waals surface area contributed by atoms with Crippen LogP contribution in [0.2, 0.25) is 0 Å². The Kier molecular flexibility index (Phi) is 2.64. The molecular formula is C13H13N5. The number of benzene rings is 1. The highest BCUT2D eigenvalue weighted by atomic mass is 15.4. The number of nitrogens with zero attached hydrogens (tertiary/aromatic N) is 4. The Morgan fingerprint density at radius 3 is 2.94 bits per heavy atom. The van der Waals surface area contributed by atoms with E-state index in [1.807, 2.05) is 25.2 Å². The first-order chi connectivity index (χ1) is 8.84. The first-order valence-electron chi connectivity index (χ1n) is 5.76. The Bertz CT molecular complexity index is 668. The number of rotatable bonds is 3. The summed E-state index contributed by atoms with van der Waals surface area (Å²) in [5, 5.41) is 12.3. The fraction of sp³-hybridized carbons (Fsp3) is 0.154. The molecule has 2 heterocycles. The van der Waals surface area contributed by atoms with Crippen LogP contribution in [0.5, 0.6) is 0 Å². The summed E-state index contributed by atoms with van der Waals surface area (Å²) >= 11 is 0. The zero-order valence-electron chi connectivity index (χ0n) is 10.0. The first kappa shape index (κ1) is 10.7. The summed E-state index contributed by atoms with van der Waals surface area (Å²) in [5.41, 5.74) is 3.03. The lowest BCUT2D eigenvalue weighted by Crippen LogP contribution is -2.05. The largest absolute Gasteiger partial charge is 0.378 e. The quantitative estimate of drug-likeness (QED) is 0.759. The summed E-state index contributed by atoms with van der Waals surface area (Å²) < 4.78 is 1.76. The summed E-state index contributed by atoms with van der Waals surface area (Å²) in [6.07, 6.45) is 3.56. The van der Waals surface area contributed by atoms with Gasteiger partial charge in [-0.05, 0) is 12.1 Å². The molecule has 3 aromatic rings. The Morgan fingerprint density at radius 1 is 1.22 bits per heavy atom. The molecule has 0 spiro atoms. The second-order valence-corrected chi connectivity index (χ2v) is 4.08. The van der Waals surface area contributed by atoms with Crippen LogP contribution in [0.4, 0.5) is 5.69 Å². The standard InChI is InChI=1S/C13H13N5/c1-18-11(9-16-17-18)8-15-12-6-2-4-10-5-3-7-14-13(10)12/h2-7,9,15H,8H2,1H3. The number of pyridine rings is 1. The van der Waals surface area contributed by atoms with Crippen LogP contribution in [0, 0.1) is 0 Å². The van der Waals surface area contributed by atoms with E-state index in [0.717, 1.165) is 22.3 Å². The third-order valence-corrected chi connectivity index (χ3v) is 2.90. The van der Waals surface area contributed by atoms with Gasteiger partial charge < -0.3 is 5.32 Å². The smallest absolute Gasteiger partial charge is 0.0933 e. The Morgan fingerprint density at radius 2 is 2.11 bits per heavy atom. The third-order valence-electron chi connectivity index (χ3n) is 2.90. The molecule has 0 amide bonds. The van der Waals surface area contributed by atoms with Crippen molar-refractivity contribution in [3.05, 3.63) is 48.4 Å². The average Bonchev–Trinajstić information content (AvgIpc) is 2.82. The van der Waals surface area contributed by atoms with Crippen LogP contribution >= 0.6 is 0 Å². The highest BCUT2D eigenvalue weighted by Crippen LogP contribution is 2.20. The predicted molar refractivity (Wildman–Crippen MR) is 70.1 cm³/mol. The van der Waals surface area contributed by atoms with Gasteiger partial charge in [-0.2, -0.15) is 0 Å². The molecule has 0 bridgehead atoms. The van der Waals surface area contributed by atoms with Crippen LogP contribution in [-0.2, 0) is 13.6 Å². The van der Waals surface area contributed by atoms with Gasteiger partial charge in [-0.1, -0.05) is 23.4 Å². The van der Waals surface area contributed by atoms with E-state index in [9.17, 15) is 0 Å². The van der Waals surface area contributed by atoms with Crippen LogP contribution in [0.1, 0.15) is 5.69 Å².